The summed E-state index contributed by atoms with van der Waals surface area (Å²) in [4.78, 5) is 2.50. The van der Waals surface area contributed by atoms with Gasteiger partial charge < -0.3 is 14.4 Å². The van der Waals surface area contributed by atoms with Crippen molar-refractivity contribution in [3.63, 3.8) is 0 Å². The van der Waals surface area contributed by atoms with Crippen molar-refractivity contribution in [2.75, 3.05) is 4.90 Å². The summed E-state index contributed by atoms with van der Waals surface area (Å²) in [6.45, 7) is -0.0439. The van der Waals surface area contributed by atoms with E-state index >= 15 is 0 Å². The zero-order valence-electron chi connectivity index (χ0n) is 25.5. The molecule has 7 aromatic rings. The summed E-state index contributed by atoms with van der Waals surface area (Å²) in [5.41, 5.74) is 6.92. The van der Waals surface area contributed by atoms with Crippen molar-refractivity contribution in [3.05, 3.63) is 170 Å². The first kappa shape index (κ1) is 26.4. The number of ether oxygens (including phenoxy) is 2. The smallest absolute Gasteiger partial charge is 0.263 e. The molecule has 0 fully saturated rings. The Morgan fingerprint density at radius 2 is 0.830 bits per heavy atom. The highest BCUT2D eigenvalue weighted by Gasteiger charge is 2.50. The van der Waals surface area contributed by atoms with Gasteiger partial charge in [0.2, 0.25) is 0 Å². The Bertz CT molecular complexity index is 2240. The molecule has 0 unspecified atom stereocenters. The van der Waals surface area contributed by atoms with Crippen LogP contribution in [0.5, 0.6) is 23.0 Å². The lowest BCUT2D eigenvalue weighted by Gasteiger charge is -2.46. The van der Waals surface area contributed by atoms with Crippen LogP contribution in [0.4, 0.5) is 17.1 Å². The third-order valence-electron chi connectivity index (χ3n) is 10.1. The molecule has 47 heavy (non-hydrogen) atoms. The second-order valence-electron chi connectivity index (χ2n) is 12.4. The lowest BCUT2D eigenvalue weighted by Crippen LogP contribution is -2.77. The fraction of sp³-hybridized carbons (Fsp3) is 0. The maximum absolute atomic E-state index is 6.73. The molecule has 0 radical (unpaired) electrons. The van der Waals surface area contributed by atoms with Crippen molar-refractivity contribution in [3.8, 4) is 23.0 Å². The van der Waals surface area contributed by atoms with Gasteiger partial charge >= 0.3 is 0 Å². The fourth-order valence-corrected chi connectivity index (χ4v) is 13.4. The Morgan fingerprint density at radius 3 is 1.47 bits per heavy atom. The summed E-state index contributed by atoms with van der Waals surface area (Å²) >= 11 is 0. The second-order valence-corrected chi connectivity index (χ2v) is 16.1. The summed E-state index contributed by atoms with van der Waals surface area (Å²) in [7, 11) is -2.72. The zero-order chi connectivity index (χ0) is 31.0. The summed E-state index contributed by atoms with van der Waals surface area (Å²) in [6.07, 6.45) is 0. The van der Waals surface area contributed by atoms with Crippen LogP contribution in [0.25, 0.3) is 0 Å². The topological polar surface area (TPSA) is 21.7 Å². The Hall–Kier alpha value is -5.78. The van der Waals surface area contributed by atoms with Gasteiger partial charge in [-0.2, -0.15) is 0 Å². The molecular formula is C42H28BNO2Si. The largest absolute Gasteiger partial charge is 0.458 e. The second kappa shape index (κ2) is 10.1. The maximum Gasteiger partial charge on any atom is 0.263 e. The van der Waals surface area contributed by atoms with Crippen molar-refractivity contribution >= 4 is 69.0 Å². The third kappa shape index (κ3) is 3.63. The lowest BCUT2D eigenvalue weighted by molar-refractivity contribution is 0.464. The average molecular weight is 618 g/mol. The molecule has 0 saturated carbocycles. The summed E-state index contributed by atoms with van der Waals surface area (Å²) in [5, 5.41) is 5.50. The van der Waals surface area contributed by atoms with Gasteiger partial charge in [0.1, 0.15) is 23.0 Å². The number of benzene rings is 7. The molecule has 0 N–H and O–H groups in total. The number of rotatable bonds is 3. The third-order valence-corrected chi connectivity index (χ3v) is 14.9. The van der Waals surface area contributed by atoms with Gasteiger partial charge in [-0.05, 0) is 74.1 Å². The van der Waals surface area contributed by atoms with Crippen molar-refractivity contribution < 1.29 is 9.47 Å². The molecule has 0 bridgehead atoms. The van der Waals surface area contributed by atoms with Gasteiger partial charge in [0.15, 0.2) is 8.07 Å². The number of hydrogen-bond acceptors (Lipinski definition) is 3. The van der Waals surface area contributed by atoms with E-state index in [1.807, 2.05) is 12.1 Å². The SMILES string of the molecule is c1ccc([Si]2(c3ccccc3)c3ccccc3N(c3cccc4c3B3c5ccccc5Oc5cccc(c53)O4)c3ccccc32)cc1. The van der Waals surface area contributed by atoms with Crippen molar-refractivity contribution in [2.45, 2.75) is 0 Å². The monoisotopic (exact) mass is 617 g/mol. The van der Waals surface area contributed by atoms with E-state index < -0.39 is 8.07 Å². The minimum atomic E-state index is -2.72. The van der Waals surface area contributed by atoms with Gasteiger partial charge in [-0.1, -0.05) is 127 Å². The highest BCUT2D eigenvalue weighted by atomic mass is 28.3. The van der Waals surface area contributed by atoms with Crippen LogP contribution >= 0.6 is 0 Å². The van der Waals surface area contributed by atoms with Crippen LogP contribution < -0.4 is 51.5 Å². The molecule has 0 aromatic heterocycles. The van der Waals surface area contributed by atoms with Crippen LogP contribution in [-0.4, -0.2) is 14.8 Å². The Balaban J connectivity index is 1.29. The molecule has 5 heteroatoms. The lowest BCUT2D eigenvalue weighted by atomic mass is 9.34. The van der Waals surface area contributed by atoms with Gasteiger partial charge in [-0.25, -0.2) is 0 Å². The fourth-order valence-electron chi connectivity index (χ4n) is 8.27. The number of hydrogen-bond donors (Lipinski definition) is 0. The highest BCUT2D eigenvalue weighted by molar-refractivity contribution is 7.21. The molecule has 3 nitrogen and oxygen atoms in total. The number of para-hydroxylation sites is 3. The first-order valence-corrected chi connectivity index (χ1v) is 18.1. The normalized spacial score (nSPS) is 14.4. The molecule has 3 aliphatic heterocycles. The molecule has 0 atom stereocenters. The maximum atomic E-state index is 6.73. The van der Waals surface area contributed by atoms with Crippen LogP contribution in [0.1, 0.15) is 0 Å². The Labute approximate surface area is 275 Å². The van der Waals surface area contributed by atoms with Crippen molar-refractivity contribution in [2.24, 2.45) is 0 Å². The van der Waals surface area contributed by atoms with E-state index in [1.54, 1.807) is 0 Å². The van der Waals surface area contributed by atoms with Crippen LogP contribution in [0, 0.1) is 0 Å². The van der Waals surface area contributed by atoms with Gasteiger partial charge in [0.25, 0.3) is 6.71 Å². The summed E-state index contributed by atoms with van der Waals surface area (Å²) in [5.74, 6) is 3.48. The van der Waals surface area contributed by atoms with E-state index in [0.29, 0.717) is 0 Å². The molecule has 0 amide bonds. The van der Waals surface area contributed by atoms with Crippen LogP contribution in [0.2, 0.25) is 0 Å². The molecule has 10 rings (SSSR count). The number of nitrogens with zero attached hydrogens (tertiary/aromatic N) is 1. The molecule has 0 saturated heterocycles. The molecule has 3 heterocycles. The minimum Gasteiger partial charge on any atom is -0.458 e. The van der Waals surface area contributed by atoms with Crippen LogP contribution in [-0.2, 0) is 0 Å². The van der Waals surface area contributed by atoms with Crippen molar-refractivity contribution in [1.82, 2.24) is 0 Å². The van der Waals surface area contributed by atoms with E-state index in [0.717, 1.165) is 45.1 Å². The van der Waals surface area contributed by atoms with E-state index in [2.05, 4.69) is 163 Å². The number of fused-ring (bicyclic) bond motifs is 6. The molecule has 220 valence electrons. The van der Waals surface area contributed by atoms with Gasteiger partial charge in [0.05, 0.1) is 0 Å². The summed E-state index contributed by atoms with van der Waals surface area (Å²) in [6, 6.07) is 61.5. The van der Waals surface area contributed by atoms with E-state index in [9.17, 15) is 0 Å². The zero-order valence-corrected chi connectivity index (χ0v) is 26.5. The highest BCUT2D eigenvalue weighted by Crippen LogP contribution is 2.42. The number of anilines is 3. The first-order valence-electron chi connectivity index (χ1n) is 16.1. The molecule has 7 aromatic carbocycles. The standard InChI is InChI=1S/C42H28BNO2Si/c1-3-15-29(16-4-1)47(30-17-5-2-6-18-30)39-27-11-8-20-32(39)44(33-21-9-12-28-40(33)47)34-22-13-24-36-41(34)43-31-19-7-10-23-35(31)45-37-25-14-26-38(46-36)42(37)43/h1-28H. The van der Waals surface area contributed by atoms with Gasteiger partial charge in [0, 0.05) is 22.5 Å². The van der Waals surface area contributed by atoms with E-state index in [-0.39, 0.29) is 6.71 Å². The van der Waals surface area contributed by atoms with Crippen molar-refractivity contribution in [1.29, 1.82) is 0 Å². The predicted octanol–water partition coefficient (Wildman–Crippen LogP) is 5.57. The Kier molecular flexibility index (Phi) is 5.69. The van der Waals surface area contributed by atoms with E-state index in [1.165, 1.54) is 32.1 Å². The summed E-state index contributed by atoms with van der Waals surface area (Å²) < 4.78 is 13.2. The quantitative estimate of drug-likeness (QED) is 0.242. The molecule has 0 aliphatic carbocycles. The van der Waals surface area contributed by atoms with Crippen LogP contribution in [0.3, 0.4) is 0 Å². The molecular weight excluding hydrogens is 589 g/mol. The minimum absolute atomic E-state index is 0.0439. The molecule has 0 spiro atoms. The van der Waals surface area contributed by atoms with E-state index in [4.69, 9.17) is 9.47 Å². The average Bonchev–Trinajstić information content (AvgIpc) is 3.14. The van der Waals surface area contributed by atoms with Gasteiger partial charge in [-0.15, -0.1) is 0 Å². The first-order chi connectivity index (χ1) is 23.3. The molecule has 3 aliphatic rings. The Morgan fingerprint density at radius 1 is 0.383 bits per heavy atom. The van der Waals surface area contributed by atoms with Gasteiger partial charge in [-0.3, -0.25) is 0 Å². The predicted molar refractivity (Wildman–Crippen MR) is 196 cm³/mol. The van der Waals surface area contributed by atoms with Crippen LogP contribution in [0.15, 0.2) is 170 Å².